The average Bonchev–Trinajstić information content (AvgIpc) is 2.99. The number of carbonyl (C=O) groups excluding carboxylic acids is 2. The first kappa shape index (κ1) is 11.2. The van der Waals surface area contributed by atoms with Gasteiger partial charge in [0.15, 0.2) is 0 Å². The molecule has 0 saturated carbocycles. The number of fused-ring (bicyclic) bond motifs is 1. The molecule has 1 aromatic heterocycles. The van der Waals surface area contributed by atoms with E-state index >= 15 is 0 Å². The molecule has 92 valence electrons. The molecule has 1 aromatic carbocycles. The monoisotopic (exact) mass is 252 g/mol. The first-order chi connectivity index (χ1) is 9.20. The summed E-state index contributed by atoms with van der Waals surface area (Å²) < 4.78 is 1.39. The summed E-state index contributed by atoms with van der Waals surface area (Å²) in [7, 11) is 0. The Morgan fingerprint density at radius 1 is 1.16 bits per heavy atom. The lowest BCUT2D eigenvalue weighted by molar-refractivity contribution is 0.0598. The van der Waals surface area contributed by atoms with Crippen molar-refractivity contribution < 1.29 is 9.59 Å². The zero-order valence-electron chi connectivity index (χ0n) is 9.78. The van der Waals surface area contributed by atoms with E-state index in [2.05, 4.69) is 5.10 Å². The molecule has 1 aliphatic heterocycles. The van der Waals surface area contributed by atoms with Crippen LogP contribution in [0.1, 0.15) is 26.3 Å². The van der Waals surface area contributed by atoms with E-state index in [0.717, 1.165) is 4.90 Å². The molecule has 0 atom stereocenters. The SMILES string of the molecule is N#Cc1cnn(CN2C(=O)c3ccccc3C2=O)c1. The Morgan fingerprint density at radius 3 is 2.32 bits per heavy atom. The van der Waals surface area contributed by atoms with E-state index in [1.807, 2.05) is 6.07 Å². The van der Waals surface area contributed by atoms with Crippen molar-refractivity contribution in [2.45, 2.75) is 6.67 Å². The van der Waals surface area contributed by atoms with Gasteiger partial charge in [-0.3, -0.25) is 19.2 Å². The summed E-state index contributed by atoms with van der Waals surface area (Å²) >= 11 is 0. The van der Waals surface area contributed by atoms with E-state index in [0.29, 0.717) is 16.7 Å². The number of aromatic nitrogens is 2. The van der Waals surface area contributed by atoms with Gasteiger partial charge in [0.05, 0.1) is 22.9 Å². The Labute approximate surface area is 108 Å². The van der Waals surface area contributed by atoms with Gasteiger partial charge in [-0.15, -0.1) is 0 Å². The van der Waals surface area contributed by atoms with Crippen LogP contribution < -0.4 is 0 Å². The second-order valence-electron chi connectivity index (χ2n) is 4.11. The van der Waals surface area contributed by atoms with Gasteiger partial charge in [0, 0.05) is 6.20 Å². The molecule has 6 nitrogen and oxygen atoms in total. The van der Waals surface area contributed by atoms with Crippen LogP contribution >= 0.6 is 0 Å². The van der Waals surface area contributed by atoms with Gasteiger partial charge in [0.2, 0.25) is 0 Å². The number of amides is 2. The normalized spacial score (nSPS) is 13.5. The number of imide groups is 1. The maximum absolute atomic E-state index is 12.1. The Hall–Kier alpha value is -2.94. The van der Waals surface area contributed by atoms with Crippen LogP contribution in [-0.2, 0) is 6.67 Å². The van der Waals surface area contributed by atoms with Crippen LogP contribution in [0, 0.1) is 11.3 Å². The van der Waals surface area contributed by atoms with Gasteiger partial charge in [-0.25, -0.2) is 0 Å². The molecule has 2 aromatic rings. The molecule has 6 heteroatoms. The third-order valence-electron chi connectivity index (χ3n) is 2.93. The van der Waals surface area contributed by atoms with E-state index in [9.17, 15) is 9.59 Å². The second kappa shape index (κ2) is 4.07. The molecule has 0 bridgehead atoms. The summed E-state index contributed by atoms with van der Waals surface area (Å²) in [5.41, 5.74) is 1.19. The van der Waals surface area contributed by atoms with Crippen molar-refractivity contribution in [1.29, 1.82) is 5.26 Å². The van der Waals surface area contributed by atoms with Gasteiger partial charge in [-0.1, -0.05) is 12.1 Å². The second-order valence-corrected chi connectivity index (χ2v) is 4.11. The minimum absolute atomic E-state index is 0.00796. The van der Waals surface area contributed by atoms with Gasteiger partial charge in [0.25, 0.3) is 11.8 Å². The number of nitriles is 1. The molecule has 0 saturated heterocycles. The van der Waals surface area contributed by atoms with Crippen LogP contribution in [0.2, 0.25) is 0 Å². The third kappa shape index (κ3) is 1.68. The van der Waals surface area contributed by atoms with E-state index in [1.165, 1.54) is 17.1 Å². The predicted octanol–water partition coefficient (Wildman–Crippen LogP) is 1.01. The van der Waals surface area contributed by atoms with Crippen LogP contribution in [0.25, 0.3) is 0 Å². The first-order valence-electron chi connectivity index (χ1n) is 5.58. The summed E-state index contributed by atoms with van der Waals surface area (Å²) in [6.07, 6.45) is 2.88. The smallest absolute Gasteiger partial charge is 0.263 e. The largest absolute Gasteiger partial charge is 0.269 e. The van der Waals surface area contributed by atoms with Crippen molar-refractivity contribution in [3.8, 4) is 6.07 Å². The maximum atomic E-state index is 12.1. The standard InChI is InChI=1S/C13H8N4O2/c14-5-9-6-15-16(7-9)8-17-12(18)10-3-1-2-4-11(10)13(17)19/h1-4,6-7H,8H2. The molecule has 0 N–H and O–H groups in total. The number of hydrogen-bond donors (Lipinski definition) is 0. The molecule has 0 radical (unpaired) electrons. The molecule has 1 aliphatic rings. The number of benzene rings is 1. The molecule has 2 heterocycles. The van der Waals surface area contributed by atoms with Gasteiger partial charge < -0.3 is 0 Å². The fourth-order valence-corrected chi connectivity index (χ4v) is 2.01. The molecule has 2 amide bonds. The van der Waals surface area contributed by atoms with Crippen molar-refractivity contribution in [2.24, 2.45) is 0 Å². The van der Waals surface area contributed by atoms with Gasteiger partial charge in [-0.2, -0.15) is 10.4 Å². The first-order valence-corrected chi connectivity index (χ1v) is 5.58. The average molecular weight is 252 g/mol. The highest BCUT2D eigenvalue weighted by molar-refractivity contribution is 6.21. The van der Waals surface area contributed by atoms with Crippen LogP contribution in [-0.4, -0.2) is 26.5 Å². The lowest BCUT2D eigenvalue weighted by Gasteiger charge is -2.13. The number of rotatable bonds is 2. The zero-order valence-corrected chi connectivity index (χ0v) is 9.78. The summed E-state index contributed by atoms with van der Waals surface area (Å²) in [6.45, 7) is 0.00796. The third-order valence-corrected chi connectivity index (χ3v) is 2.93. The molecule has 0 unspecified atom stereocenters. The Balaban J connectivity index is 1.90. The fraction of sp³-hybridized carbons (Fsp3) is 0.0769. The Bertz CT molecular complexity index is 691. The minimum atomic E-state index is -0.338. The van der Waals surface area contributed by atoms with Crippen molar-refractivity contribution >= 4 is 11.8 Å². The van der Waals surface area contributed by atoms with Gasteiger partial charge >= 0.3 is 0 Å². The van der Waals surface area contributed by atoms with E-state index in [4.69, 9.17) is 5.26 Å². The Kier molecular flexibility index (Phi) is 2.39. The molecule has 0 aliphatic carbocycles. The van der Waals surface area contributed by atoms with E-state index in [1.54, 1.807) is 24.3 Å². The zero-order chi connectivity index (χ0) is 13.4. The van der Waals surface area contributed by atoms with Crippen LogP contribution in [0.5, 0.6) is 0 Å². The highest BCUT2D eigenvalue weighted by atomic mass is 16.2. The summed E-state index contributed by atoms with van der Waals surface area (Å²) in [6, 6.07) is 8.62. The lowest BCUT2D eigenvalue weighted by atomic mass is 10.1. The van der Waals surface area contributed by atoms with Crippen molar-refractivity contribution in [1.82, 2.24) is 14.7 Å². The van der Waals surface area contributed by atoms with Crippen LogP contribution in [0.3, 0.4) is 0 Å². The molecular weight excluding hydrogens is 244 g/mol. The highest BCUT2D eigenvalue weighted by Gasteiger charge is 2.35. The maximum Gasteiger partial charge on any atom is 0.263 e. The predicted molar refractivity (Wildman–Crippen MR) is 63.9 cm³/mol. The molecule has 0 fully saturated rings. The number of nitrogens with zero attached hydrogens (tertiary/aromatic N) is 4. The molecule has 19 heavy (non-hydrogen) atoms. The van der Waals surface area contributed by atoms with Crippen LogP contribution in [0.4, 0.5) is 0 Å². The molecule has 0 spiro atoms. The van der Waals surface area contributed by atoms with Gasteiger partial charge in [-0.05, 0) is 12.1 Å². The Morgan fingerprint density at radius 2 is 1.79 bits per heavy atom. The lowest BCUT2D eigenvalue weighted by Crippen LogP contribution is -2.32. The minimum Gasteiger partial charge on any atom is -0.269 e. The summed E-state index contributed by atoms with van der Waals surface area (Å²) in [4.78, 5) is 25.3. The number of carbonyl (C=O) groups is 2. The topological polar surface area (TPSA) is 79.0 Å². The van der Waals surface area contributed by atoms with E-state index in [-0.39, 0.29) is 18.5 Å². The summed E-state index contributed by atoms with van der Waals surface area (Å²) in [5.74, 6) is -0.677. The van der Waals surface area contributed by atoms with E-state index < -0.39 is 0 Å². The molecular formula is C13H8N4O2. The van der Waals surface area contributed by atoms with Crippen LogP contribution in [0.15, 0.2) is 36.7 Å². The van der Waals surface area contributed by atoms with Crippen molar-refractivity contribution in [3.05, 3.63) is 53.3 Å². The summed E-state index contributed by atoms with van der Waals surface area (Å²) in [5, 5.41) is 12.6. The van der Waals surface area contributed by atoms with Gasteiger partial charge in [0.1, 0.15) is 12.7 Å². The highest BCUT2D eigenvalue weighted by Crippen LogP contribution is 2.22. The quantitative estimate of drug-likeness (QED) is 0.747. The fourth-order valence-electron chi connectivity index (χ4n) is 2.01. The van der Waals surface area contributed by atoms with Crippen molar-refractivity contribution in [3.63, 3.8) is 0 Å². The molecule has 3 rings (SSSR count). The number of hydrogen-bond acceptors (Lipinski definition) is 4. The van der Waals surface area contributed by atoms with Crippen molar-refractivity contribution in [2.75, 3.05) is 0 Å².